The number of fused-ring (bicyclic) bond motifs is 2. The van der Waals surface area contributed by atoms with Crippen LogP contribution in [-0.4, -0.2) is 38.5 Å². The quantitative estimate of drug-likeness (QED) is 0.186. The van der Waals surface area contributed by atoms with Crippen molar-refractivity contribution in [2.75, 3.05) is 13.7 Å². The largest absolute Gasteiger partial charge is 0.385 e. The highest BCUT2D eigenvalue weighted by Crippen LogP contribution is 2.14. The van der Waals surface area contributed by atoms with E-state index >= 15 is 0 Å². The number of nitriles is 1. The molecule has 3 aromatic heterocycles. The number of carbonyl (C=O) groups is 1. The summed E-state index contributed by atoms with van der Waals surface area (Å²) in [5, 5.41) is 20.9. The molecule has 34 heavy (non-hydrogen) atoms. The molecule has 170 valence electrons. The lowest BCUT2D eigenvalue weighted by atomic mass is 10.2. The summed E-state index contributed by atoms with van der Waals surface area (Å²) < 4.78 is 8.07. The Balaban J connectivity index is 1.98. The van der Waals surface area contributed by atoms with Crippen molar-refractivity contribution in [3.8, 4) is 6.07 Å². The molecule has 0 unspecified atom stereocenters. The average Bonchev–Trinajstić information content (AvgIpc) is 2.85. The van der Waals surface area contributed by atoms with Gasteiger partial charge in [0.1, 0.15) is 17.4 Å². The molecule has 0 aliphatic heterocycles. The highest BCUT2D eigenvalue weighted by molar-refractivity contribution is 5.95. The molecule has 0 saturated heterocycles. The van der Waals surface area contributed by atoms with Crippen LogP contribution in [0.4, 0.5) is 5.69 Å². The Kier molecular flexibility index (Phi) is 6.24. The van der Waals surface area contributed by atoms with E-state index < -0.39 is 10.8 Å². The fraction of sp³-hybridized carbons (Fsp3) is 0.174. The molecule has 0 fully saturated rings. The lowest BCUT2D eigenvalue weighted by Gasteiger charge is -2.13. The second-order valence-electron chi connectivity index (χ2n) is 7.30. The maximum atomic E-state index is 13.1. The number of aromatic nitrogens is 3. The number of rotatable bonds is 6. The number of methoxy groups -OCH3 is 1. The monoisotopic (exact) mass is 458 g/mol. The maximum Gasteiger partial charge on any atom is 0.279 e. The number of benzene rings is 1. The summed E-state index contributed by atoms with van der Waals surface area (Å²) in [7, 11) is 1.55. The number of hydrogen-bond acceptors (Lipinski definition) is 7. The zero-order valence-electron chi connectivity index (χ0n) is 18.0. The van der Waals surface area contributed by atoms with Crippen LogP contribution in [0.3, 0.4) is 0 Å². The van der Waals surface area contributed by atoms with E-state index in [4.69, 9.17) is 4.74 Å². The Labute approximate surface area is 192 Å². The van der Waals surface area contributed by atoms with Crippen molar-refractivity contribution in [3.63, 3.8) is 0 Å². The molecule has 0 atom stereocenters. The van der Waals surface area contributed by atoms with Crippen LogP contribution in [0.25, 0.3) is 16.7 Å². The summed E-state index contributed by atoms with van der Waals surface area (Å²) in [4.78, 5) is 45.1. The molecule has 11 nitrogen and oxygen atoms in total. The number of carbonyl (C=O) groups excluding carboxylic acids is 1. The van der Waals surface area contributed by atoms with Crippen molar-refractivity contribution in [2.45, 2.75) is 13.0 Å². The predicted molar refractivity (Wildman–Crippen MR) is 121 cm³/mol. The van der Waals surface area contributed by atoms with Gasteiger partial charge in [-0.1, -0.05) is 6.07 Å². The van der Waals surface area contributed by atoms with Crippen molar-refractivity contribution in [2.24, 2.45) is 4.99 Å². The van der Waals surface area contributed by atoms with Gasteiger partial charge in [0.2, 0.25) is 0 Å². The predicted octanol–water partition coefficient (Wildman–Crippen LogP) is 2.21. The molecule has 3 heterocycles. The Hall–Kier alpha value is -4.69. The van der Waals surface area contributed by atoms with Gasteiger partial charge in [-0.05, 0) is 36.8 Å². The zero-order valence-corrected chi connectivity index (χ0v) is 18.0. The summed E-state index contributed by atoms with van der Waals surface area (Å²) in [5.74, 6) is -0.691. The van der Waals surface area contributed by atoms with E-state index in [2.05, 4.69) is 9.98 Å². The van der Waals surface area contributed by atoms with Gasteiger partial charge in [-0.3, -0.25) is 24.1 Å². The van der Waals surface area contributed by atoms with E-state index in [0.717, 1.165) is 0 Å². The molecule has 1 aromatic carbocycles. The first-order chi connectivity index (χ1) is 16.4. The van der Waals surface area contributed by atoms with E-state index in [-0.39, 0.29) is 45.4 Å². The van der Waals surface area contributed by atoms with E-state index in [9.17, 15) is 25.0 Å². The van der Waals surface area contributed by atoms with Crippen LogP contribution < -0.4 is 11.0 Å². The number of amides is 1. The van der Waals surface area contributed by atoms with Crippen LogP contribution in [-0.2, 0) is 11.3 Å². The normalized spacial score (nSPS) is 11.6. The summed E-state index contributed by atoms with van der Waals surface area (Å²) >= 11 is 0. The number of pyridine rings is 2. The van der Waals surface area contributed by atoms with Gasteiger partial charge in [-0.2, -0.15) is 10.3 Å². The van der Waals surface area contributed by atoms with Gasteiger partial charge in [-0.25, -0.2) is 4.98 Å². The number of ether oxygens (including phenoxy) is 1. The number of nitro benzene ring substituents is 1. The first-order valence-electron chi connectivity index (χ1n) is 10.2. The third-order valence-corrected chi connectivity index (χ3v) is 5.17. The van der Waals surface area contributed by atoms with Gasteiger partial charge in [0.25, 0.3) is 17.2 Å². The van der Waals surface area contributed by atoms with Gasteiger partial charge in [0.15, 0.2) is 5.49 Å². The molecule has 1 amide bonds. The number of nitrogens with zero attached hydrogens (tertiary/aromatic N) is 6. The third kappa shape index (κ3) is 4.17. The molecule has 4 aromatic rings. The van der Waals surface area contributed by atoms with Crippen LogP contribution in [0.1, 0.15) is 22.3 Å². The molecule has 0 aliphatic rings. The van der Waals surface area contributed by atoms with Crippen molar-refractivity contribution in [1.82, 2.24) is 14.0 Å². The van der Waals surface area contributed by atoms with Gasteiger partial charge in [-0.15, -0.1) is 0 Å². The Morgan fingerprint density at radius 2 is 2.03 bits per heavy atom. The van der Waals surface area contributed by atoms with E-state index in [1.54, 1.807) is 36.1 Å². The average molecular weight is 458 g/mol. The Morgan fingerprint density at radius 3 is 2.71 bits per heavy atom. The van der Waals surface area contributed by atoms with E-state index in [1.807, 2.05) is 6.07 Å². The molecule has 0 radical (unpaired) electrons. The van der Waals surface area contributed by atoms with Crippen molar-refractivity contribution in [1.29, 1.82) is 5.26 Å². The highest BCUT2D eigenvalue weighted by atomic mass is 16.6. The molecule has 0 aliphatic carbocycles. The second-order valence-corrected chi connectivity index (χ2v) is 7.30. The van der Waals surface area contributed by atoms with Crippen molar-refractivity contribution >= 4 is 28.3 Å². The Bertz CT molecular complexity index is 1600. The van der Waals surface area contributed by atoms with Gasteiger partial charge in [0, 0.05) is 44.2 Å². The van der Waals surface area contributed by atoms with Gasteiger partial charge >= 0.3 is 0 Å². The fourth-order valence-electron chi connectivity index (χ4n) is 3.55. The SMILES string of the molecule is COCCCn1c(=NC(=O)c2ccc([N+](=O)[O-])cc2)c(C#N)cc2c(=O)n3ccccc3nc21. The molecular weight excluding hydrogens is 440 g/mol. The number of hydrogen-bond donors (Lipinski definition) is 0. The minimum Gasteiger partial charge on any atom is -0.385 e. The molecule has 11 heteroatoms. The van der Waals surface area contributed by atoms with Crippen LogP contribution >= 0.6 is 0 Å². The number of non-ortho nitro benzene ring substituents is 1. The highest BCUT2D eigenvalue weighted by Gasteiger charge is 2.16. The van der Waals surface area contributed by atoms with Crippen LogP contribution in [0.15, 0.2) is 64.5 Å². The fourth-order valence-corrected chi connectivity index (χ4v) is 3.55. The van der Waals surface area contributed by atoms with Gasteiger partial charge in [0.05, 0.1) is 15.9 Å². The number of nitro groups is 1. The molecule has 0 bridgehead atoms. The van der Waals surface area contributed by atoms with Crippen molar-refractivity contribution < 1.29 is 14.5 Å². The lowest BCUT2D eigenvalue weighted by molar-refractivity contribution is -0.384. The molecular formula is C23H18N6O5. The lowest BCUT2D eigenvalue weighted by Crippen LogP contribution is -2.30. The van der Waals surface area contributed by atoms with Crippen molar-refractivity contribution in [3.05, 3.63) is 91.8 Å². The van der Waals surface area contributed by atoms with Gasteiger partial charge < -0.3 is 9.30 Å². The first kappa shape index (κ1) is 22.5. The standard InChI is InChI=1S/C23H18N6O5/c1-34-12-4-11-28-20(26-22(30)15-6-8-17(9-7-15)29(32)33)16(14-24)13-18-21(28)25-19-5-2-3-10-27(19)23(18)31/h2-3,5-10,13H,4,11-12H2,1H3. The molecule has 0 N–H and O–H groups in total. The van der Waals surface area contributed by atoms with Crippen LogP contribution in [0.5, 0.6) is 0 Å². The second kappa shape index (κ2) is 9.43. The molecule has 0 saturated carbocycles. The molecule has 0 spiro atoms. The van der Waals surface area contributed by atoms with E-state index in [1.165, 1.54) is 34.7 Å². The summed E-state index contributed by atoms with van der Waals surface area (Å²) in [6, 6.07) is 13.5. The minimum absolute atomic E-state index is 0.0231. The topological polar surface area (TPSA) is 145 Å². The first-order valence-corrected chi connectivity index (χ1v) is 10.2. The third-order valence-electron chi connectivity index (χ3n) is 5.17. The minimum atomic E-state index is -0.691. The summed E-state index contributed by atoms with van der Waals surface area (Å²) in [6.45, 7) is 0.676. The summed E-state index contributed by atoms with van der Waals surface area (Å²) in [5.41, 5.74) is 0.345. The van der Waals surface area contributed by atoms with Crippen LogP contribution in [0, 0.1) is 21.4 Å². The molecule has 4 rings (SSSR count). The van der Waals surface area contributed by atoms with E-state index in [0.29, 0.717) is 18.7 Å². The Morgan fingerprint density at radius 1 is 1.26 bits per heavy atom. The maximum absolute atomic E-state index is 13.1. The summed E-state index contributed by atoms with van der Waals surface area (Å²) in [6.07, 6.45) is 2.09. The smallest absolute Gasteiger partial charge is 0.279 e. The van der Waals surface area contributed by atoms with Crippen LogP contribution in [0.2, 0.25) is 0 Å². The number of aryl methyl sites for hydroxylation is 1. The zero-order chi connectivity index (χ0) is 24.2.